The van der Waals surface area contributed by atoms with Crippen LogP contribution < -0.4 is 21.7 Å². The van der Waals surface area contributed by atoms with Gasteiger partial charge in [0.2, 0.25) is 29.5 Å². The number of methoxy groups -OCH3 is 2. The second-order valence-corrected chi connectivity index (χ2v) is 17.7. The minimum atomic E-state index is -1.32. The van der Waals surface area contributed by atoms with Gasteiger partial charge in [0.15, 0.2) is 0 Å². The van der Waals surface area contributed by atoms with Crippen molar-refractivity contribution in [3.05, 3.63) is 52.5 Å². The third-order valence-corrected chi connectivity index (χ3v) is 12.5. The first-order chi connectivity index (χ1) is 28.5. The van der Waals surface area contributed by atoms with Gasteiger partial charge in [-0.15, -0.1) is 11.3 Å². The van der Waals surface area contributed by atoms with Crippen molar-refractivity contribution in [3.8, 4) is 0 Å². The average Bonchev–Trinajstić information content (AvgIpc) is 3.94. The first-order valence-corrected chi connectivity index (χ1v) is 22.1. The van der Waals surface area contributed by atoms with Crippen molar-refractivity contribution >= 4 is 40.9 Å². The van der Waals surface area contributed by atoms with E-state index in [4.69, 9.17) is 19.9 Å². The molecule has 1 saturated heterocycles. The van der Waals surface area contributed by atoms with Crippen molar-refractivity contribution in [2.24, 2.45) is 23.5 Å². The van der Waals surface area contributed by atoms with Crippen molar-refractivity contribution in [1.29, 1.82) is 0 Å². The van der Waals surface area contributed by atoms with E-state index in [2.05, 4.69) is 20.9 Å². The molecule has 5 amide bonds. The Bertz CT molecular complexity index is 1650. The van der Waals surface area contributed by atoms with Crippen LogP contribution in [0.2, 0.25) is 0 Å². The highest BCUT2D eigenvalue weighted by atomic mass is 32.1. The molecule has 2 aromatic rings. The molecule has 16 heteroatoms. The van der Waals surface area contributed by atoms with Crippen LogP contribution in [0.15, 0.2) is 41.9 Å². The minimum absolute atomic E-state index is 0.00734. The Balaban J connectivity index is 1.75. The maximum atomic E-state index is 14.4. The second-order valence-electron chi connectivity index (χ2n) is 16.7. The number of carbonyl (C=O) groups excluding carboxylic acids is 5. The molecular weight excluding hydrogens is 787 g/mol. The molecule has 2 heterocycles. The predicted molar refractivity (Wildman–Crippen MR) is 233 cm³/mol. The molecule has 0 aliphatic carbocycles. The molecule has 1 unspecified atom stereocenters. The number of rotatable bonds is 25. The van der Waals surface area contributed by atoms with Crippen molar-refractivity contribution in [3.63, 3.8) is 0 Å². The third kappa shape index (κ3) is 14.0. The maximum Gasteiger partial charge on any atom is 0.245 e. The molecular formula is C44H71N7O8S. The Labute approximate surface area is 361 Å². The molecule has 1 aromatic heterocycles. The lowest BCUT2D eigenvalue weighted by Gasteiger charge is -2.41. The molecule has 1 aliphatic heterocycles. The molecule has 8 atom stereocenters. The number of thiazole rings is 1. The highest BCUT2D eigenvalue weighted by molar-refractivity contribution is 7.09. The number of carbonyl (C=O) groups is 5. The van der Waals surface area contributed by atoms with E-state index in [-0.39, 0.29) is 67.0 Å². The van der Waals surface area contributed by atoms with Crippen LogP contribution in [-0.4, -0.2) is 128 Å². The molecule has 1 aromatic carbocycles. The second kappa shape index (κ2) is 24.5. The van der Waals surface area contributed by atoms with E-state index in [1.54, 1.807) is 51.1 Å². The van der Waals surface area contributed by atoms with Gasteiger partial charge in [0.1, 0.15) is 16.6 Å². The standard InChI is InChI=1S/C44H71N7O8S/c1-11-29(4)38(50(8)42(55)37(28(2)3)48-43(56)44(6,7)49-35(52)19-23-59-24-20-45)34(57-9)27-36(53)51-22-15-18-33(51)39(58-10)30(5)40(54)47-32(41-46-21-25-60-41)26-31-16-13-12-14-17-31/h12-14,16-17,21,25,28-30,32-34,37-39H,11,15,18-20,22-24,26-27,45H2,1-10H3,(H,47,54)(H,48,56)(H,49,52)/t29-,30+,32-,33-,34+,37-,38-,39?/m0/s1. The number of likely N-dealkylation sites (N-methyl/N-ethyl adjacent to an activating group) is 1. The Morgan fingerprint density at radius 2 is 1.73 bits per heavy atom. The lowest BCUT2D eigenvalue weighted by molar-refractivity contribution is -0.148. The van der Waals surface area contributed by atoms with Gasteiger partial charge in [0.05, 0.1) is 55.9 Å². The summed E-state index contributed by atoms with van der Waals surface area (Å²) in [6.45, 7) is 14.1. The normalized spacial score (nSPS) is 17.9. The Hall–Kier alpha value is -3.96. The van der Waals surface area contributed by atoms with Crippen molar-refractivity contribution in [1.82, 2.24) is 30.7 Å². The van der Waals surface area contributed by atoms with Gasteiger partial charge < -0.3 is 45.7 Å². The van der Waals surface area contributed by atoms with Gasteiger partial charge in [-0.05, 0) is 50.5 Å². The summed E-state index contributed by atoms with van der Waals surface area (Å²) in [5, 5.41) is 11.6. The number of ether oxygens (including phenoxy) is 3. The van der Waals surface area contributed by atoms with Crippen molar-refractivity contribution in [2.45, 2.75) is 129 Å². The fourth-order valence-corrected chi connectivity index (χ4v) is 8.63. The van der Waals surface area contributed by atoms with E-state index in [0.717, 1.165) is 17.0 Å². The molecule has 0 radical (unpaired) electrons. The quantitative estimate of drug-likeness (QED) is 0.107. The number of nitrogens with one attached hydrogen (secondary N) is 3. The summed E-state index contributed by atoms with van der Waals surface area (Å²) in [5.41, 5.74) is 5.20. The van der Waals surface area contributed by atoms with Crippen LogP contribution in [0.25, 0.3) is 0 Å². The summed E-state index contributed by atoms with van der Waals surface area (Å²) < 4.78 is 17.4. The van der Waals surface area contributed by atoms with E-state index in [0.29, 0.717) is 39.0 Å². The molecule has 5 N–H and O–H groups in total. The topological polar surface area (TPSA) is 195 Å². The fraction of sp³-hybridized carbons (Fsp3) is 0.682. The lowest BCUT2D eigenvalue weighted by atomic mass is 9.89. The van der Waals surface area contributed by atoms with Crippen molar-refractivity contribution < 1.29 is 38.2 Å². The monoisotopic (exact) mass is 858 g/mol. The van der Waals surface area contributed by atoms with E-state index >= 15 is 0 Å². The molecule has 3 rings (SSSR count). The zero-order chi connectivity index (χ0) is 44.6. The molecule has 60 heavy (non-hydrogen) atoms. The van der Waals surface area contributed by atoms with Gasteiger partial charge in [0, 0.05) is 52.4 Å². The average molecular weight is 858 g/mol. The Morgan fingerprint density at radius 1 is 1.03 bits per heavy atom. The fourth-order valence-electron chi connectivity index (χ4n) is 7.94. The van der Waals surface area contributed by atoms with Crippen LogP contribution in [-0.2, 0) is 44.6 Å². The molecule has 15 nitrogen and oxygen atoms in total. The van der Waals surface area contributed by atoms with Gasteiger partial charge in [-0.3, -0.25) is 24.0 Å². The number of nitrogens with zero attached hydrogens (tertiary/aromatic N) is 3. The van der Waals surface area contributed by atoms with Gasteiger partial charge in [-0.1, -0.05) is 71.4 Å². The number of likely N-dealkylation sites (tertiary alicyclic amines) is 1. The van der Waals surface area contributed by atoms with Gasteiger partial charge >= 0.3 is 0 Å². The van der Waals surface area contributed by atoms with Gasteiger partial charge in [-0.25, -0.2) is 4.98 Å². The number of amides is 5. The van der Waals surface area contributed by atoms with E-state index in [1.807, 2.05) is 70.3 Å². The summed E-state index contributed by atoms with van der Waals surface area (Å²) in [4.78, 5) is 76.7. The molecule has 0 saturated carbocycles. The third-order valence-electron chi connectivity index (χ3n) is 11.6. The van der Waals surface area contributed by atoms with Crippen LogP contribution >= 0.6 is 11.3 Å². The van der Waals surface area contributed by atoms with E-state index in [9.17, 15) is 24.0 Å². The van der Waals surface area contributed by atoms with Crippen LogP contribution in [0.3, 0.4) is 0 Å². The summed E-state index contributed by atoms with van der Waals surface area (Å²) in [6, 6.07) is 7.84. The number of hydrogen-bond donors (Lipinski definition) is 4. The first kappa shape index (κ1) is 50.4. The summed E-state index contributed by atoms with van der Waals surface area (Å²) in [5.74, 6) is -2.52. The summed E-state index contributed by atoms with van der Waals surface area (Å²) in [6.07, 6.45) is 3.22. The van der Waals surface area contributed by atoms with Crippen LogP contribution in [0.4, 0.5) is 0 Å². The zero-order valence-corrected chi connectivity index (χ0v) is 38.2. The molecule has 336 valence electrons. The molecule has 0 spiro atoms. The summed E-state index contributed by atoms with van der Waals surface area (Å²) >= 11 is 1.49. The van der Waals surface area contributed by atoms with Gasteiger partial charge in [-0.2, -0.15) is 0 Å². The summed E-state index contributed by atoms with van der Waals surface area (Å²) in [7, 11) is 4.80. The van der Waals surface area contributed by atoms with E-state index in [1.165, 1.54) is 11.3 Å². The number of nitrogens with two attached hydrogens (primary N) is 1. The highest BCUT2D eigenvalue weighted by Gasteiger charge is 2.43. The smallest absolute Gasteiger partial charge is 0.245 e. The van der Waals surface area contributed by atoms with Crippen LogP contribution in [0, 0.1) is 17.8 Å². The molecule has 0 bridgehead atoms. The van der Waals surface area contributed by atoms with Crippen LogP contribution in [0.5, 0.6) is 0 Å². The zero-order valence-electron chi connectivity index (χ0n) is 37.4. The Kier molecular flexibility index (Phi) is 20.6. The molecule has 1 fully saturated rings. The number of benzene rings is 1. The van der Waals surface area contributed by atoms with Crippen molar-refractivity contribution in [2.75, 3.05) is 47.6 Å². The maximum absolute atomic E-state index is 14.4. The number of aromatic nitrogens is 1. The SMILES string of the molecule is CC[C@H](C)[C@@H]([C@@H](CC(=O)N1CCC[C@H]1C(OC)[C@@H](C)C(=O)N[C@@H](Cc1ccccc1)c1nccs1)OC)N(C)C(=O)[C@@H](NC(=O)C(C)(C)NC(=O)CCOCCN)C(C)C. The number of hydrogen-bond acceptors (Lipinski definition) is 11. The molecule has 1 aliphatic rings. The highest BCUT2D eigenvalue weighted by Crippen LogP contribution is 2.30. The lowest BCUT2D eigenvalue weighted by Crippen LogP contribution is -2.62. The first-order valence-electron chi connectivity index (χ1n) is 21.3. The largest absolute Gasteiger partial charge is 0.380 e. The van der Waals surface area contributed by atoms with E-state index < -0.39 is 41.7 Å². The van der Waals surface area contributed by atoms with Gasteiger partial charge in [0.25, 0.3) is 0 Å². The Morgan fingerprint density at radius 3 is 2.32 bits per heavy atom. The minimum Gasteiger partial charge on any atom is -0.380 e. The van der Waals surface area contributed by atoms with Crippen LogP contribution in [0.1, 0.15) is 97.2 Å². The predicted octanol–water partition coefficient (Wildman–Crippen LogP) is 3.86.